The summed E-state index contributed by atoms with van der Waals surface area (Å²) in [6.07, 6.45) is 0. The molecular weight excluding hydrogens is 576 g/mol. The Bertz CT molecular complexity index is 1780. The summed E-state index contributed by atoms with van der Waals surface area (Å²) in [5, 5.41) is 22.3. The molecule has 0 heterocycles. The molecule has 0 amide bonds. The molecule has 39 heavy (non-hydrogen) atoms. The lowest BCUT2D eigenvalue weighted by molar-refractivity contribution is -0.384. The van der Waals surface area contributed by atoms with Crippen molar-refractivity contribution in [3.05, 3.63) is 128 Å². The van der Waals surface area contributed by atoms with Gasteiger partial charge < -0.3 is 4.74 Å². The van der Waals surface area contributed by atoms with E-state index in [0.29, 0.717) is 27.5 Å². The zero-order valence-electron chi connectivity index (χ0n) is 20.7. The molecule has 0 radical (unpaired) electrons. The van der Waals surface area contributed by atoms with E-state index in [-0.39, 0.29) is 5.69 Å². The number of para-hydroxylation sites is 1. The van der Waals surface area contributed by atoms with Crippen molar-refractivity contribution in [1.82, 2.24) is 0 Å². The van der Waals surface area contributed by atoms with Gasteiger partial charge in [-0.1, -0.05) is 88.2 Å². The van der Waals surface area contributed by atoms with Crippen molar-refractivity contribution in [1.29, 1.82) is 5.26 Å². The van der Waals surface area contributed by atoms with Crippen LogP contribution in [0.5, 0.6) is 5.75 Å². The SMILES string of the molecule is COc1ccccc1-c1ccc(-c2ccc(-c3ccc(-c4cccc(Br)c4)cc3[N+](=O)[O-])c(Cl)c2)cc1C#N. The first-order valence-electron chi connectivity index (χ1n) is 11.9. The van der Waals surface area contributed by atoms with Crippen LogP contribution in [0, 0.1) is 21.4 Å². The second kappa shape index (κ2) is 11.1. The van der Waals surface area contributed by atoms with E-state index >= 15 is 0 Å². The highest BCUT2D eigenvalue weighted by Gasteiger charge is 2.20. The Morgan fingerprint density at radius 1 is 0.769 bits per heavy atom. The Labute approximate surface area is 239 Å². The molecule has 0 aliphatic heterocycles. The van der Waals surface area contributed by atoms with Crippen LogP contribution >= 0.6 is 27.5 Å². The van der Waals surface area contributed by atoms with E-state index in [1.165, 1.54) is 0 Å². The van der Waals surface area contributed by atoms with Crippen LogP contribution in [0.15, 0.2) is 108 Å². The van der Waals surface area contributed by atoms with Gasteiger partial charge in [0.15, 0.2) is 0 Å². The fourth-order valence-electron chi connectivity index (χ4n) is 4.59. The molecule has 0 aliphatic carbocycles. The van der Waals surface area contributed by atoms with Crippen LogP contribution in [0.2, 0.25) is 5.02 Å². The summed E-state index contributed by atoms with van der Waals surface area (Å²) in [6, 6.07) is 33.6. The van der Waals surface area contributed by atoms with Crippen molar-refractivity contribution < 1.29 is 9.66 Å². The Morgan fingerprint density at radius 3 is 2.08 bits per heavy atom. The summed E-state index contributed by atoms with van der Waals surface area (Å²) in [7, 11) is 1.60. The quantitative estimate of drug-likeness (QED) is 0.145. The minimum atomic E-state index is -0.392. The zero-order valence-corrected chi connectivity index (χ0v) is 23.0. The number of nitro groups is 1. The maximum atomic E-state index is 12.0. The number of methoxy groups -OCH3 is 1. The van der Waals surface area contributed by atoms with Crippen LogP contribution in [0.4, 0.5) is 5.69 Å². The molecule has 0 aliphatic rings. The minimum Gasteiger partial charge on any atom is -0.496 e. The maximum absolute atomic E-state index is 12.0. The molecule has 0 unspecified atom stereocenters. The van der Waals surface area contributed by atoms with Gasteiger partial charge in [0.05, 0.1) is 29.2 Å². The number of rotatable bonds is 6. The molecule has 0 spiro atoms. The molecule has 0 aromatic heterocycles. The Hall–Kier alpha value is -4.44. The molecule has 5 aromatic carbocycles. The van der Waals surface area contributed by atoms with E-state index in [2.05, 4.69) is 22.0 Å². The predicted molar refractivity (Wildman–Crippen MR) is 159 cm³/mol. The molecule has 0 saturated heterocycles. The highest BCUT2D eigenvalue weighted by Crippen LogP contribution is 2.40. The van der Waals surface area contributed by atoms with E-state index in [4.69, 9.17) is 16.3 Å². The topological polar surface area (TPSA) is 76.2 Å². The fourth-order valence-corrected chi connectivity index (χ4v) is 5.27. The van der Waals surface area contributed by atoms with E-state index in [9.17, 15) is 15.4 Å². The second-order valence-electron chi connectivity index (χ2n) is 8.77. The van der Waals surface area contributed by atoms with Crippen molar-refractivity contribution in [2.24, 2.45) is 0 Å². The molecule has 0 atom stereocenters. The third-order valence-electron chi connectivity index (χ3n) is 6.48. The molecular formula is C32H20BrClN2O3. The molecule has 5 nitrogen and oxygen atoms in total. The normalized spacial score (nSPS) is 10.6. The summed E-state index contributed by atoms with van der Waals surface area (Å²) in [6.45, 7) is 0. The number of nitrogens with zero attached hydrogens (tertiary/aromatic N) is 2. The summed E-state index contributed by atoms with van der Waals surface area (Å²) >= 11 is 10.1. The van der Waals surface area contributed by atoms with Crippen LogP contribution < -0.4 is 4.74 Å². The Morgan fingerprint density at radius 2 is 1.41 bits per heavy atom. The summed E-state index contributed by atoms with van der Waals surface area (Å²) in [4.78, 5) is 11.6. The van der Waals surface area contributed by atoms with Gasteiger partial charge in [-0.2, -0.15) is 5.26 Å². The third-order valence-corrected chi connectivity index (χ3v) is 7.29. The first kappa shape index (κ1) is 26.2. The lowest BCUT2D eigenvalue weighted by Crippen LogP contribution is -1.94. The predicted octanol–water partition coefficient (Wildman–Crippen LogP) is 9.56. The van der Waals surface area contributed by atoms with Gasteiger partial charge in [0.2, 0.25) is 0 Å². The molecule has 0 N–H and O–H groups in total. The smallest absolute Gasteiger partial charge is 0.277 e. The fraction of sp³-hybridized carbons (Fsp3) is 0.0312. The van der Waals surface area contributed by atoms with Crippen molar-refractivity contribution in [3.63, 3.8) is 0 Å². The lowest BCUT2D eigenvalue weighted by Gasteiger charge is -2.13. The van der Waals surface area contributed by atoms with E-state index in [0.717, 1.165) is 37.9 Å². The second-order valence-corrected chi connectivity index (χ2v) is 10.1. The van der Waals surface area contributed by atoms with E-state index in [1.54, 1.807) is 31.4 Å². The van der Waals surface area contributed by atoms with Crippen molar-refractivity contribution >= 4 is 33.2 Å². The summed E-state index contributed by atoms with van der Waals surface area (Å²) in [5.41, 5.74) is 6.24. The molecule has 0 saturated carbocycles. The van der Waals surface area contributed by atoms with Crippen molar-refractivity contribution in [2.75, 3.05) is 7.11 Å². The van der Waals surface area contributed by atoms with Gasteiger partial charge in [-0.05, 0) is 58.7 Å². The molecule has 190 valence electrons. The zero-order chi connectivity index (χ0) is 27.5. The van der Waals surface area contributed by atoms with Gasteiger partial charge >= 0.3 is 0 Å². The third kappa shape index (κ3) is 5.28. The Kier molecular flexibility index (Phi) is 7.47. The van der Waals surface area contributed by atoms with Crippen LogP contribution in [0.25, 0.3) is 44.5 Å². The molecule has 7 heteroatoms. The van der Waals surface area contributed by atoms with Gasteiger partial charge in [0.25, 0.3) is 5.69 Å². The van der Waals surface area contributed by atoms with Gasteiger partial charge in [-0.15, -0.1) is 0 Å². The number of ether oxygens (including phenoxy) is 1. The average molecular weight is 596 g/mol. The number of hydrogen-bond donors (Lipinski definition) is 0. The first-order valence-corrected chi connectivity index (χ1v) is 13.1. The van der Waals surface area contributed by atoms with Gasteiger partial charge in [0.1, 0.15) is 5.75 Å². The van der Waals surface area contributed by atoms with Gasteiger partial charge in [0, 0.05) is 32.3 Å². The molecule has 0 fully saturated rings. The highest BCUT2D eigenvalue weighted by atomic mass is 79.9. The van der Waals surface area contributed by atoms with Crippen molar-refractivity contribution in [3.8, 4) is 56.3 Å². The first-order chi connectivity index (χ1) is 18.9. The summed E-state index contributed by atoms with van der Waals surface area (Å²) < 4.78 is 6.36. The number of nitro benzene ring substituents is 1. The number of hydrogen-bond acceptors (Lipinski definition) is 4. The lowest BCUT2D eigenvalue weighted by atomic mass is 9.93. The van der Waals surface area contributed by atoms with Crippen LogP contribution in [0.3, 0.4) is 0 Å². The molecule has 5 rings (SSSR count). The van der Waals surface area contributed by atoms with Gasteiger partial charge in [-0.25, -0.2) is 0 Å². The largest absolute Gasteiger partial charge is 0.496 e. The standard InChI is InChI=1S/C32H20BrClN2O3/c1-39-32-8-3-2-7-29(32)26-12-9-21(15-24(26)19-35)22-10-13-27(30(34)17-22)28-14-11-23(18-31(28)36(37)38)20-5-4-6-25(33)16-20/h2-18H,1H3. The minimum absolute atomic E-state index is 0.0324. The van der Waals surface area contributed by atoms with Crippen molar-refractivity contribution in [2.45, 2.75) is 0 Å². The number of halogens is 2. The molecule has 5 aromatic rings. The molecule has 0 bridgehead atoms. The van der Waals surface area contributed by atoms with E-state index < -0.39 is 4.92 Å². The number of benzene rings is 5. The van der Waals surface area contributed by atoms with Crippen LogP contribution in [-0.2, 0) is 0 Å². The van der Waals surface area contributed by atoms with Crippen LogP contribution in [-0.4, -0.2) is 12.0 Å². The maximum Gasteiger partial charge on any atom is 0.277 e. The van der Waals surface area contributed by atoms with Crippen LogP contribution in [0.1, 0.15) is 5.56 Å². The van der Waals surface area contributed by atoms with Gasteiger partial charge in [-0.3, -0.25) is 10.1 Å². The summed E-state index contributed by atoms with van der Waals surface area (Å²) in [5.74, 6) is 0.682. The highest BCUT2D eigenvalue weighted by molar-refractivity contribution is 9.10. The number of nitriles is 1. The average Bonchev–Trinajstić information content (AvgIpc) is 2.96. The monoisotopic (exact) mass is 594 g/mol. The van der Waals surface area contributed by atoms with E-state index in [1.807, 2.05) is 78.9 Å². The Balaban J connectivity index is 1.53.